The van der Waals surface area contributed by atoms with Gasteiger partial charge in [0.25, 0.3) is 0 Å². The van der Waals surface area contributed by atoms with Crippen LogP contribution in [0, 0.1) is 5.41 Å². The molecule has 10 nitrogen and oxygen atoms in total. The van der Waals surface area contributed by atoms with Gasteiger partial charge in [-0.2, -0.15) is 0 Å². The lowest BCUT2D eigenvalue weighted by Crippen LogP contribution is -2.67. The largest absolute Gasteiger partial charge is 0.497 e. The number of ether oxygens (including phenoxy) is 4. The van der Waals surface area contributed by atoms with Crippen molar-refractivity contribution in [3.63, 3.8) is 0 Å². The van der Waals surface area contributed by atoms with E-state index in [9.17, 15) is 15.0 Å². The van der Waals surface area contributed by atoms with E-state index in [1.165, 1.54) is 0 Å². The van der Waals surface area contributed by atoms with E-state index < -0.39 is 40.5 Å². The van der Waals surface area contributed by atoms with Crippen LogP contribution in [0.3, 0.4) is 0 Å². The minimum atomic E-state index is -2.02. The molecular formula is C53H56N2O8. The Morgan fingerprint density at radius 1 is 0.524 bits per heavy atom. The zero-order valence-corrected chi connectivity index (χ0v) is 36.3. The van der Waals surface area contributed by atoms with Gasteiger partial charge >= 0.3 is 0 Å². The Hall–Kier alpha value is -6.62. The molecule has 2 unspecified atom stereocenters. The highest BCUT2D eigenvalue weighted by molar-refractivity contribution is 6.05. The van der Waals surface area contributed by atoms with E-state index >= 15 is 4.79 Å². The zero-order chi connectivity index (χ0) is 44.6. The minimum absolute atomic E-state index is 0.0859. The molecular weight excluding hydrogens is 793 g/mol. The van der Waals surface area contributed by atoms with Gasteiger partial charge in [0, 0.05) is 0 Å². The Morgan fingerprint density at radius 3 is 1.06 bits per heavy atom. The van der Waals surface area contributed by atoms with Crippen LogP contribution in [-0.2, 0) is 33.6 Å². The quantitative estimate of drug-likeness (QED) is 0.0740. The Morgan fingerprint density at radius 2 is 0.810 bits per heavy atom. The normalized spacial score (nSPS) is 14.6. The summed E-state index contributed by atoms with van der Waals surface area (Å²) in [4.78, 5) is 32.2. The fraction of sp³-hybridized carbons (Fsp3) is 0.283. The highest BCUT2D eigenvalue weighted by atomic mass is 16.5. The number of nitrogens with zero attached hydrogens (tertiary/aromatic N) is 1. The molecule has 0 spiro atoms. The third-order valence-corrected chi connectivity index (χ3v) is 12.9. The maximum atomic E-state index is 16.5. The molecule has 6 aromatic carbocycles. The molecule has 0 radical (unpaired) electrons. The lowest BCUT2D eigenvalue weighted by Gasteiger charge is -2.53. The standard InChI is InChI=1S/C53H56N2O8/c1-60-43-25-17-39(18-26-43)52(58,40-19-27-44(61-2)28-20-40)47(35-37-13-7-5-8-14-37)55(50(57)51(49(54)56)33-11-12-34-51)48(36-38-15-9-6-10-16-38)53(59,41-21-29-45(62-3)30-22-41)42-23-31-46(63-4)32-24-42/h5-10,13-32,47-48,58-59H,11-12,33-36H2,1-4H3,(H2,54,56). The third kappa shape index (κ3) is 8.74. The van der Waals surface area contributed by atoms with Crippen LogP contribution in [-0.4, -0.2) is 67.5 Å². The van der Waals surface area contributed by atoms with E-state index in [4.69, 9.17) is 24.7 Å². The zero-order valence-electron chi connectivity index (χ0n) is 36.3. The van der Waals surface area contributed by atoms with Crippen LogP contribution in [0.15, 0.2) is 158 Å². The summed E-state index contributed by atoms with van der Waals surface area (Å²) in [6.45, 7) is 0. The summed E-state index contributed by atoms with van der Waals surface area (Å²) in [6, 6.07) is 45.3. The average molecular weight is 849 g/mol. The van der Waals surface area contributed by atoms with Crippen molar-refractivity contribution in [2.45, 2.75) is 61.8 Å². The minimum Gasteiger partial charge on any atom is -0.497 e. The van der Waals surface area contributed by atoms with E-state index in [0.29, 0.717) is 58.1 Å². The second-order valence-electron chi connectivity index (χ2n) is 16.2. The summed E-state index contributed by atoms with van der Waals surface area (Å²) in [7, 11) is 6.28. The molecule has 2 atom stereocenters. The number of benzene rings is 6. The van der Waals surface area contributed by atoms with Gasteiger partial charge in [-0.3, -0.25) is 9.59 Å². The molecule has 1 aliphatic carbocycles. The maximum absolute atomic E-state index is 16.5. The van der Waals surface area contributed by atoms with Crippen molar-refractivity contribution >= 4 is 11.8 Å². The summed E-state index contributed by atoms with van der Waals surface area (Å²) in [6.07, 6.45) is 1.78. The van der Waals surface area contributed by atoms with Crippen molar-refractivity contribution < 1.29 is 38.7 Å². The molecule has 10 heteroatoms. The molecule has 0 aliphatic heterocycles. The molecule has 1 fully saturated rings. The summed E-state index contributed by atoms with van der Waals surface area (Å²) < 4.78 is 22.3. The highest BCUT2D eigenvalue weighted by Gasteiger charge is 2.58. The van der Waals surface area contributed by atoms with Gasteiger partial charge in [0.15, 0.2) is 0 Å². The highest BCUT2D eigenvalue weighted by Crippen LogP contribution is 2.49. The third-order valence-electron chi connectivity index (χ3n) is 12.9. The fourth-order valence-electron chi connectivity index (χ4n) is 9.34. The van der Waals surface area contributed by atoms with Gasteiger partial charge in [-0.25, -0.2) is 0 Å². The molecule has 0 bridgehead atoms. The molecule has 7 rings (SSSR count). The molecule has 63 heavy (non-hydrogen) atoms. The lowest BCUT2D eigenvalue weighted by molar-refractivity contribution is -0.166. The first kappa shape index (κ1) is 44.4. The second kappa shape index (κ2) is 19.2. The van der Waals surface area contributed by atoms with Crippen molar-refractivity contribution in [1.82, 2.24) is 4.90 Å². The molecule has 0 saturated heterocycles. The number of carbonyl (C=O) groups is 2. The van der Waals surface area contributed by atoms with Crippen molar-refractivity contribution in [2.75, 3.05) is 28.4 Å². The first-order valence-electron chi connectivity index (χ1n) is 21.2. The molecule has 326 valence electrons. The summed E-state index contributed by atoms with van der Waals surface area (Å²) >= 11 is 0. The van der Waals surface area contributed by atoms with Crippen molar-refractivity contribution in [3.05, 3.63) is 191 Å². The molecule has 0 heterocycles. The Kier molecular flexibility index (Phi) is 13.5. The Labute approximate surface area is 369 Å². The van der Waals surface area contributed by atoms with Gasteiger partial charge in [-0.15, -0.1) is 0 Å². The van der Waals surface area contributed by atoms with Crippen LogP contribution in [0.5, 0.6) is 23.0 Å². The van der Waals surface area contributed by atoms with Gasteiger partial charge < -0.3 is 39.8 Å². The van der Waals surface area contributed by atoms with E-state index in [2.05, 4.69) is 0 Å². The predicted molar refractivity (Wildman–Crippen MR) is 243 cm³/mol. The number of primary amides is 1. The topological polar surface area (TPSA) is 141 Å². The first-order valence-corrected chi connectivity index (χ1v) is 21.2. The van der Waals surface area contributed by atoms with Crippen molar-refractivity contribution in [3.8, 4) is 23.0 Å². The van der Waals surface area contributed by atoms with Crippen molar-refractivity contribution in [1.29, 1.82) is 0 Å². The van der Waals surface area contributed by atoms with Gasteiger partial charge in [0.05, 0.1) is 40.5 Å². The van der Waals surface area contributed by atoms with E-state index in [1.54, 1.807) is 130 Å². The second-order valence-corrected chi connectivity index (χ2v) is 16.2. The van der Waals surface area contributed by atoms with Crippen LogP contribution in [0.2, 0.25) is 0 Å². The van der Waals surface area contributed by atoms with Gasteiger partial charge in [-0.1, -0.05) is 122 Å². The number of carbonyl (C=O) groups excluding carboxylic acids is 2. The lowest BCUT2D eigenvalue weighted by atomic mass is 9.71. The number of hydrogen-bond donors (Lipinski definition) is 3. The Balaban J connectivity index is 1.63. The van der Waals surface area contributed by atoms with E-state index in [1.807, 2.05) is 60.7 Å². The molecule has 6 aromatic rings. The fourth-order valence-corrected chi connectivity index (χ4v) is 9.34. The Bertz CT molecular complexity index is 2170. The van der Waals surface area contributed by atoms with E-state index in [-0.39, 0.29) is 25.7 Å². The number of aliphatic hydroxyl groups is 2. The number of methoxy groups -OCH3 is 4. The van der Waals surface area contributed by atoms with Gasteiger partial charge in [0.2, 0.25) is 11.8 Å². The number of nitrogens with two attached hydrogens (primary N) is 1. The predicted octanol–water partition coefficient (Wildman–Crippen LogP) is 7.99. The SMILES string of the molecule is COc1ccc(C(O)(c2ccc(OC)cc2)C(Cc2ccccc2)N(C(=O)C2(C(N)=O)CCCC2)C(Cc2ccccc2)C(O)(c2ccc(OC)cc2)c2ccc(OC)cc2)cc1. The number of rotatable bonds is 18. The van der Waals surface area contributed by atoms with Crippen LogP contribution >= 0.6 is 0 Å². The summed E-state index contributed by atoms with van der Waals surface area (Å²) in [5, 5.41) is 28.5. The molecule has 2 amide bonds. The summed E-state index contributed by atoms with van der Waals surface area (Å²) in [5.74, 6) is 0.946. The van der Waals surface area contributed by atoms with Gasteiger partial charge in [0.1, 0.15) is 39.6 Å². The van der Waals surface area contributed by atoms with Crippen LogP contribution < -0.4 is 24.7 Å². The molecule has 0 aromatic heterocycles. The van der Waals surface area contributed by atoms with Gasteiger partial charge in [-0.05, 0) is 108 Å². The summed E-state index contributed by atoms with van der Waals surface area (Å²) in [5.41, 5.74) is 4.11. The number of hydrogen-bond acceptors (Lipinski definition) is 8. The van der Waals surface area contributed by atoms with Crippen LogP contribution in [0.25, 0.3) is 0 Å². The molecule has 4 N–H and O–H groups in total. The monoisotopic (exact) mass is 848 g/mol. The van der Waals surface area contributed by atoms with Crippen LogP contribution in [0.4, 0.5) is 0 Å². The first-order chi connectivity index (χ1) is 30.5. The van der Waals surface area contributed by atoms with Crippen LogP contribution in [0.1, 0.15) is 59.1 Å². The average Bonchev–Trinajstić information content (AvgIpc) is 3.86. The number of amides is 2. The van der Waals surface area contributed by atoms with E-state index in [0.717, 1.165) is 11.1 Å². The molecule has 1 aliphatic rings. The maximum Gasteiger partial charge on any atom is 0.239 e. The smallest absolute Gasteiger partial charge is 0.239 e. The molecule has 1 saturated carbocycles. The van der Waals surface area contributed by atoms with Crippen molar-refractivity contribution in [2.24, 2.45) is 11.1 Å².